The van der Waals surface area contributed by atoms with E-state index in [0.29, 0.717) is 19.5 Å². The van der Waals surface area contributed by atoms with Crippen LogP contribution in [0.15, 0.2) is 24.3 Å². The van der Waals surface area contributed by atoms with Crippen LogP contribution in [0.4, 0.5) is 4.39 Å². The summed E-state index contributed by atoms with van der Waals surface area (Å²) < 4.78 is 12.8. The number of hydrogen-bond acceptors (Lipinski definition) is 3. The molecule has 0 radical (unpaired) electrons. The first-order chi connectivity index (χ1) is 12.0. The number of carbonyl (C=O) groups is 3. The van der Waals surface area contributed by atoms with E-state index in [-0.39, 0.29) is 49.1 Å². The predicted molar refractivity (Wildman–Crippen MR) is 88.8 cm³/mol. The number of nitrogens with zero attached hydrogens (tertiary/aromatic N) is 2. The van der Waals surface area contributed by atoms with Crippen molar-refractivity contribution >= 4 is 17.7 Å². The van der Waals surface area contributed by atoms with E-state index < -0.39 is 0 Å². The highest BCUT2D eigenvalue weighted by Crippen LogP contribution is 2.23. The van der Waals surface area contributed by atoms with Crippen LogP contribution < -0.4 is 5.32 Å². The van der Waals surface area contributed by atoms with Crippen molar-refractivity contribution in [1.29, 1.82) is 0 Å². The Balaban J connectivity index is 1.47. The number of hydrogen-bond donors (Lipinski definition) is 1. The zero-order valence-corrected chi connectivity index (χ0v) is 14.0. The maximum absolute atomic E-state index is 12.8. The molecule has 25 heavy (non-hydrogen) atoms. The van der Waals surface area contributed by atoms with Crippen LogP contribution in [0.2, 0.25) is 0 Å². The van der Waals surface area contributed by atoms with Gasteiger partial charge < -0.3 is 15.1 Å². The summed E-state index contributed by atoms with van der Waals surface area (Å²) in [6.45, 7) is 1.26. The lowest BCUT2D eigenvalue weighted by Gasteiger charge is -2.42. The van der Waals surface area contributed by atoms with Crippen LogP contribution in [0.1, 0.15) is 31.2 Å². The van der Waals surface area contributed by atoms with E-state index in [0.717, 1.165) is 18.4 Å². The van der Waals surface area contributed by atoms with Crippen LogP contribution >= 0.6 is 0 Å². The average molecular weight is 347 g/mol. The fourth-order valence-electron chi connectivity index (χ4n) is 3.35. The molecule has 2 aliphatic heterocycles. The van der Waals surface area contributed by atoms with Gasteiger partial charge in [0.25, 0.3) is 0 Å². The van der Waals surface area contributed by atoms with Crippen LogP contribution in [0.3, 0.4) is 0 Å². The van der Waals surface area contributed by atoms with E-state index in [1.54, 1.807) is 17.0 Å². The first-order valence-electron chi connectivity index (χ1n) is 8.64. The van der Waals surface area contributed by atoms with Crippen molar-refractivity contribution in [2.75, 3.05) is 19.6 Å². The molecule has 1 atom stereocenters. The molecule has 0 aliphatic carbocycles. The van der Waals surface area contributed by atoms with Gasteiger partial charge in [-0.15, -0.1) is 0 Å². The van der Waals surface area contributed by atoms with Gasteiger partial charge in [-0.3, -0.25) is 14.4 Å². The number of halogens is 1. The molecule has 1 aromatic carbocycles. The zero-order valence-electron chi connectivity index (χ0n) is 14.0. The van der Waals surface area contributed by atoms with Crippen molar-refractivity contribution in [3.05, 3.63) is 35.6 Å². The molecule has 2 heterocycles. The van der Waals surface area contributed by atoms with Crippen LogP contribution in [0, 0.1) is 5.82 Å². The van der Waals surface area contributed by atoms with E-state index in [4.69, 9.17) is 0 Å². The molecule has 1 N–H and O–H groups in total. The van der Waals surface area contributed by atoms with Gasteiger partial charge in [-0.2, -0.15) is 0 Å². The van der Waals surface area contributed by atoms with Crippen molar-refractivity contribution in [3.63, 3.8) is 0 Å². The second kappa shape index (κ2) is 7.63. The SMILES string of the molecule is O=C(CCN1CC(=O)N2CCCCC2C1=O)NCc1ccc(F)cc1. The van der Waals surface area contributed by atoms with Crippen molar-refractivity contribution in [1.82, 2.24) is 15.1 Å². The lowest BCUT2D eigenvalue weighted by atomic mass is 9.98. The third kappa shape index (κ3) is 4.15. The predicted octanol–water partition coefficient (Wildman–Crippen LogP) is 1.06. The summed E-state index contributed by atoms with van der Waals surface area (Å²) in [6, 6.07) is 5.56. The molecule has 6 nitrogen and oxygen atoms in total. The Bertz CT molecular complexity index is 662. The third-order valence-electron chi connectivity index (χ3n) is 4.76. The normalized spacial score (nSPS) is 20.4. The summed E-state index contributed by atoms with van der Waals surface area (Å²) in [5, 5.41) is 2.75. The third-order valence-corrected chi connectivity index (χ3v) is 4.76. The fourth-order valence-corrected chi connectivity index (χ4v) is 3.35. The van der Waals surface area contributed by atoms with Gasteiger partial charge in [0, 0.05) is 26.1 Å². The summed E-state index contributed by atoms with van der Waals surface area (Å²) in [5.41, 5.74) is 0.803. The van der Waals surface area contributed by atoms with Gasteiger partial charge in [-0.1, -0.05) is 12.1 Å². The number of benzene rings is 1. The molecule has 0 spiro atoms. The highest BCUT2D eigenvalue weighted by molar-refractivity contribution is 5.95. The number of nitrogens with one attached hydrogen (secondary N) is 1. The molecule has 1 aromatic rings. The standard InChI is InChI=1S/C18H22FN3O3/c19-14-6-4-13(5-7-14)11-20-16(23)8-10-21-12-17(24)22-9-2-1-3-15(22)18(21)25/h4-7,15H,1-3,8-12H2,(H,20,23). The topological polar surface area (TPSA) is 69.7 Å². The van der Waals surface area contributed by atoms with Crippen molar-refractivity contribution < 1.29 is 18.8 Å². The van der Waals surface area contributed by atoms with E-state index >= 15 is 0 Å². The Morgan fingerprint density at radius 1 is 1.20 bits per heavy atom. The fraction of sp³-hybridized carbons (Fsp3) is 0.500. The van der Waals surface area contributed by atoms with Crippen molar-refractivity contribution in [2.24, 2.45) is 0 Å². The average Bonchev–Trinajstić information content (AvgIpc) is 2.63. The van der Waals surface area contributed by atoms with Gasteiger partial charge >= 0.3 is 0 Å². The van der Waals surface area contributed by atoms with Crippen LogP contribution in [0.25, 0.3) is 0 Å². The number of fused-ring (bicyclic) bond motifs is 1. The van der Waals surface area contributed by atoms with Crippen LogP contribution in [0.5, 0.6) is 0 Å². The smallest absolute Gasteiger partial charge is 0.245 e. The Labute approximate surface area is 146 Å². The Kier molecular flexibility index (Phi) is 5.31. The lowest BCUT2D eigenvalue weighted by Crippen LogP contribution is -2.61. The summed E-state index contributed by atoms with van der Waals surface area (Å²) in [5.74, 6) is -0.600. The van der Waals surface area contributed by atoms with Crippen LogP contribution in [-0.4, -0.2) is 53.2 Å². The number of carbonyl (C=O) groups excluding carboxylic acids is 3. The molecule has 2 fully saturated rings. The molecule has 0 aromatic heterocycles. The highest BCUT2D eigenvalue weighted by Gasteiger charge is 2.40. The largest absolute Gasteiger partial charge is 0.352 e. The Morgan fingerprint density at radius 3 is 2.72 bits per heavy atom. The molecule has 0 saturated carbocycles. The Morgan fingerprint density at radius 2 is 1.96 bits per heavy atom. The molecule has 1 unspecified atom stereocenters. The quantitative estimate of drug-likeness (QED) is 0.866. The molecule has 7 heteroatoms. The minimum Gasteiger partial charge on any atom is -0.352 e. The van der Waals surface area contributed by atoms with Crippen molar-refractivity contribution in [2.45, 2.75) is 38.3 Å². The van der Waals surface area contributed by atoms with Gasteiger partial charge in [0.2, 0.25) is 17.7 Å². The summed E-state index contributed by atoms with van der Waals surface area (Å²) in [6.07, 6.45) is 2.75. The minimum atomic E-state index is -0.350. The van der Waals surface area contributed by atoms with E-state index in [1.165, 1.54) is 17.0 Å². The summed E-state index contributed by atoms with van der Waals surface area (Å²) in [4.78, 5) is 39.8. The number of amides is 3. The summed E-state index contributed by atoms with van der Waals surface area (Å²) >= 11 is 0. The first kappa shape index (κ1) is 17.4. The minimum absolute atomic E-state index is 0.0315. The van der Waals surface area contributed by atoms with Gasteiger partial charge in [0.15, 0.2) is 0 Å². The van der Waals surface area contributed by atoms with Crippen molar-refractivity contribution in [3.8, 4) is 0 Å². The second-order valence-corrected chi connectivity index (χ2v) is 6.51. The van der Waals surface area contributed by atoms with Gasteiger partial charge in [0.1, 0.15) is 11.9 Å². The van der Waals surface area contributed by atoms with E-state index in [1.807, 2.05) is 0 Å². The lowest BCUT2D eigenvalue weighted by molar-refractivity contribution is -0.158. The maximum atomic E-state index is 12.8. The molecular weight excluding hydrogens is 325 g/mol. The summed E-state index contributed by atoms with van der Waals surface area (Å²) in [7, 11) is 0. The first-order valence-corrected chi connectivity index (χ1v) is 8.64. The molecule has 3 rings (SSSR count). The molecule has 134 valence electrons. The molecule has 2 saturated heterocycles. The zero-order chi connectivity index (χ0) is 17.8. The van der Waals surface area contributed by atoms with E-state index in [2.05, 4.69) is 5.32 Å². The highest BCUT2D eigenvalue weighted by atomic mass is 19.1. The van der Waals surface area contributed by atoms with Gasteiger partial charge in [-0.05, 0) is 37.0 Å². The number of piperazine rings is 1. The monoisotopic (exact) mass is 347 g/mol. The molecule has 3 amide bonds. The van der Waals surface area contributed by atoms with Gasteiger partial charge in [0.05, 0.1) is 6.54 Å². The molecular formula is C18H22FN3O3. The molecule has 0 bridgehead atoms. The Hall–Kier alpha value is -2.44. The second-order valence-electron chi connectivity index (χ2n) is 6.51. The van der Waals surface area contributed by atoms with Crippen LogP contribution in [-0.2, 0) is 20.9 Å². The maximum Gasteiger partial charge on any atom is 0.245 e. The number of rotatable bonds is 5. The molecule has 2 aliphatic rings. The van der Waals surface area contributed by atoms with Gasteiger partial charge in [-0.25, -0.2) is 4.39 Å². The number of piperidine rings is 1. The van der Waals surface area contributed by atoms with E-state index in [9.17, 15) is 18.8 Å².